The number of hydrogen-bond donors (Lipinski definition) is 0. The number of hydrogen-bond acceptors (Lipinski definition) is 4. The van der Waals surface area contributed by atoms with Gasteiger partial charge in [0, 0.05) is 24.0 Å². The molecule has 220 valence electrons. The fourth-order valence-corrected chi connectivity index (χ4v) is 7.10. The van der Waals surface area contributed by atoms with E-state index in [1.807, 2.05) is 0 Å². The Kier molecular flexibility index (Phi) is 15.9. The lowest BCUT2D eigenvalue weighted by Crippen LogP contribution is -2.25. The zero-order valence-corrected chi connectivity index (χ0v) is 32.8. The maximum absolute atomic E-state index is 6.17. The van der Waals surface area contributed by atoms with Gasteiger partial charge >= 0.3 is 0 Å². The third-order valence-electron chi connectivity index (χ3n) is 5.85. The van der Waals surface area contributed by atoms with Gasteiger partial charge in [-0.3, -0.25) is 0 Å². The third-order valence-corrected chi connectivity index (χ3v) is 9.46. The van der Waals surface area contributed by atoms with Gasteiger partial charge in [-0.1, -0.05) is 73.4 Å². The highest BCUT2D eigenvalue weighted by Crippen LogP contribution is 2.44. The van der Waals surface area contributed by atoms with E-state index in [9.17, 15) is 0 Å². The second-order valence-electron chi connectivity index (χ2n) is 10.8. The minimum absolute atomic E-state index is 0.0230. The molecule has 2 aromatic carbocycles. The number of alkyl halides is 2. The Balaban J connectivity index is 2.16. The summed E-state index contributed by atoms with van der Waals surface area (Å²) in [6.45, 7) is 16.0. The van der Waals surface area contributed by atoms with Crippen LogP contribution in [0.15, 0.2) is 42.2 Å². The molecule has 0 spiro atoms. The Morgan fingerprint density at radius 2 is 1.10 bits per heavy atom. The first-order chi connectivity index (χ1) is 18.3. The van der Waals surface area contributed by atoms with Gasteiger partial charge in [-0.25, -0.2) is 0 Å². The van der Waals surface area contributed by atoms with Crippen molar-refractivity contribution in [1.82, 2.24) is 0 Å². The van der Waals surface area contributed by atoms with Crippen molar-refractivity contribution in [3.05, 3.63) is 53.3 Å². The number of halogens is 6. The number of ether oxygens (including phenoxy) is 4. The molecule has 0 heterocycles. The SMILES string of the molecule is CC(C)COCC(Br)COc1c(Br)cc(C(C)(C)c2cc(Br)c(OCC(CBr)OCC(C)C)c(Br)c2)cc1Br. The van der Waals surface area contributed by atoms with Crippen LogP contribution in [0.1, 0.15) is 52.7 Å². The van der Waals surface area contributed by atoms with E-state index < -0.39 is 0 Å². The highest BCUT2D eigenvalue weighted by atomic mass is 79.9. The van der Waals surface area contributed by atoms with E-state index in [1.54, 1.807) is 0 Å². The standard InChI is InChI=1S/C29H38Br6O4/c1-17(2)12-36-14-21(31)15-38-27-23(32)7-19(8-24(27)33)29(5,6)20-9-25(34)28(26(35)10-20)39-16-22(11-30)37-13-18(3)4/h7-10,17-18,21-22H,11-16H2,1-6H3. The van der Waals surface area contributed by atoms with Crippen LogP contribution < -0.4 is 9.47 Å². The van der Waals surface area contributed by atoms with E-state index in [2.05, 4.69) is 161 Å². The first-order valence-electron chi connectivity index (χ1n) is 12.9. The Morgan fingerprint density at radius 1 is 0.667 bits per heavy atom. The van der Waals surface area contributed by atoms with Crippen molar-refractivity contribution in [3.8, 4) is 11.5 Å². The van der Waals surface area contributed by atoms with Crippen LogP contribution in [0.2, 0.25) is 0 Å². The smallest absolute Gasteiger partial charge is 0.147 e. The Labute approximate surface area is 284 Å². The molecule has 0 aliphatic heterocycles. The molecule has 0 fully saturated rings. The summed E-state index contributed by atoms with van der Waals surface area (Å²) in [5, 5.41) is 0.714. The summed E-state index contributed by atoms with van der Waals surface area (Å²) in [6, 6.07) is 8.49. The van der Waals surface area contributed by atoms with Crippen LogP contribution in [-0.2, 0) is 14.9 Å². The van der Waals surface area contributed by atoms with Crippen LogP contribution in [0, 0.1) is 11.8 Å². The lowest BCUT2D eigenvalue weighted by molar-refractivity contribution is 0.0214. The molecule has 39 heavy (non-hydrogen) atoms. The normalized spacial score (nSPS) is 13.7. The van der Waals surface area contributed by atoms with Crippen molar-refractivity contribution in [3.63, 3.8) is 0 Å². The average molecular weight is 930 g/mol. The van der Waals surface area contributed by atoms with Gasteiger partial charge in [0.2, 0.25) is 0 Å². The fraction of sp³-hybridized carbons (Fsp3) is 0.586. The summed E-state index contributed by atoms with van der Waals surface area (Å²) in [5.41, 5.74) is 1.98. The van der Waals surface area contributed by atoms with E-state index in [4.69, 9.17) is 18.9 Å². The summed E-state index contributed by atoms with van der Waals surface area (Å²) in [4.78, 5) is 0.105. The van der Waals surface area contributed by atoms with Gasteiger partial charge in [0.25, 0.3) is 0 Å². The van der Waals surface area contributed by atoms with Crippen LogP contribution in [0.5, 0.6) is 11.5 Å². The molecule has 0 aliphatic carbocycles. The van der Waals surface area contributed by atoms with E-state index in [-0.39, 0.29) is 16.3 Å². The predicted molar refractivity (Wildman–Crippen MR) is 184 cm³/mol. The number of benzene rings is 2. The van der Waals surface area contributed by atoms with Crippen LogP contribution in [-0.4, -0.2) is 49.3 Å². The van der Waals surface area contributed by atoms with Gasteiger partial charge in [0.15, 0.2) is 0 Å². The zero-order valence-electron chi connectivity index (χ0n) is 23.3. The molecular weight excluding hydrogens is 892 g/mol. The molecule has 0 N–H and O–H groups in total. The van der Waals surface area contributed by atoms with Crippen molar-refractivity contribution < 1.29 is 18.9 Å². The maximum atomic E-state index is 6.17. The average Bonchev–Trinajstić information content (AvgIpc) is 2.84. The van der Waals surface area contributed by atoms with Gasteiger partial charge in [-0.15, -0.1) is 0 Å². The molecule has 0 aromatic heterocycles. The van der Waals surface area contributed by atoms with E-state index in [0.29, 0.717) is 43.6 Å². The van der Waals surface area contributed by atoms with Crippen molar-refractivity contribution in [2.45, 2.75) is 57.9 Å². The third kappa shape index (κ3) is 11.5. The molecule has 2 atom stereocenters. The minimum atomic E-state index is -0.297. The van der Waals surface area contributed by atoms with Gasteiger partial charge in [-0.2, -0.15) is 0 Å². The van der Waals surface area contributed by atoms with Crippen molar-refractivity contribution in [2.75, 3.05) is 38.4 Å². The van der Waals surface area contributed by atoms with Crippen molar-refractivity contribution >= 4 is 95.6 Å². The molecule has 10 heteroatoms. The van der Waals surface area contributed by atoms with Crippen LogP contribution in [0.25, 0.3) is 0 Å². The summed E-state index contributed by atoms with van der Waals surface area (Å²) < 4.78 is 27.5. The first kappa shape index (κ1) is 36.0. The predicted octanol–water partition coefficient (Wildman–Crippen LogP) is 10.7. The monoisotopic (exact) mass is 924 g/mol. The molecule has 0 radical (unpaired) electrons. The molecule has 4 nitrogen and oxygen atoms in total. The first-order valence-corrected chi connectivity index (χ1v) is 18.1. The highest BCUT2D eigenvalue weighted by molar-refractivity contribution is 9.11. The molecule has 0 saturated carbocycles. The lowest BCUT2D eigenvalue weighted by atomic mass is 9.78. The van der Waals surface area contributed by atoms with E-state index in [0.717, 1.165) is 47.1 Å². The Morgan fingerprint density at radius 3 is 1.51 bits per heavy atom. The second-order valence-corrected chi connectivity index (χ2v) is 16.2. The maximum Gasteiger partial charge on any atom is 0.147 e. The van der Waals surface area contributed by atoms with Crippen molar-refractivity contribution in [1.29, 1.82) is 0 Å². The zero-order chi connectivity index (χ0) is 29.3. The van der Waals surface area contributed by atoms with Gasteiger partial charge in [0.1, 0.15) is 30.8 Å². The number of rotatable bonds is 16. The molecular formula is C29H38Br6O4. The summed E-state index contributed by atoms with van der Waals surface area (Å²) in [6.07, 6.45) is -0.0230. The Bertz CT molecular complexity index is 1010. The summed E-state index contributed by atoms with van der Waals surface area (Å²) in [7, 11) is 0. The lowest BCUT2D eigenvalue weighted by Gasteiger charge is -2.28. The van der Waals surface area contributed by atoms with Gasteiger partial charge in [0.05, 0.1) is 29.3 Å². The molecule has 0 saturated heterocycles. The largest absolute Gasteiger partial charge is 0.490 e. The summed E-state index contributed by atoms with van der Waals surface area (Å²) in [5.74, 6) is 2.52. The minimum Gasteiger partial charge on any atom is -0.490 e. The highest BCUT2D eigenvalue weighted by Gasteiger charge is 2.28. The van der Waals surface area contributed by atoms with Crippen LogP contribution >= 0.6 is 95.6 Å². The van der Waals surface area contributed by atoms with Crippen molar-refractivity contribution in [2.24, 2.45) is 11.8 Å². The second kappa shape index (κ2) is 17.2. The molecule has 2 unspecified atom stereocenters. The van der Waals surface area contributed by atoms with E-state index >= 15 is 0 Å². The quantitative estimate of drug-likeness (QED) is 0.157. The van der Waals surface area contributed by atoms with Gasteiger partial charge < -0.3 is 18.9 Å². The molecule has 2 rings (SSSR count). The summed E-state index contributed by atoms with van der Waals surface area (Å²) >= 11 is 22.1. The Hall–Kier alpha value is 0.840. The van der Waals surface area contributed by atoms with Crippen LogP contribution in [0.3, 0.4) is 0 Å². The molecule has 0 amide bonds. The molecule has 0 aliphatic rings. The van der Waals surface area contributed by atoms with Gasteiger partial charge in [-0.05, 0) is 111 Å². The topological polar surface area (TPSA) is 36.9 Å². The molecule has 2 aromatic rings. The fourth-order valence-electron chi connectivity index (χ4n) is 3.58. The van der Waals surface area contributed by atoms with Crippen LogP contribution in [0.4, 0.5) is 0 Å². The van der Waals surface area contributed by atoms with E-state index in [1.165, 1.54) is 0 Å². The molecule has 0 bridgehead atoms.